The van der Waals surface area contributed by atoms with Crippen LogP contribution in [-0.2, 0) is 17.3 Å². The summed E-state index contributed by atoms with van der Waals surface area (Å²) in [7, 11) is 0. The average Bonchev–Trinajstić information content (AvgIpc) is 2.94. The van der Waals surface area contributed by atoms with E-state index in [0.29, 0.717) is 0 Å². The standard InChI is InChI=1S/C33H45N3S3/c1-28-10-4-7-13-31(28)22-37-19-16-34-25-35(17-20-38-23-32-14-8-5-11-29(32)2)27-36(26-34)18-21-39-24-33-15-9-6-12-30(33)3/h4-15H,16-27H2,1-3H3. The molecule has 1 aliphatic rings. The highest BCUT2D eigenvalue weighted by molar-refractivity contribution is 7.98. The van der Waals surface area contributed by atoms with Crippen molar-refractivity contribution in [2.24, 2.45) is 0 Å². The summed E-state index contributed by atoms with van der Waals surface area (Å²) in [4.78, 5) is 7.98. The van der Waals surface area contributed by atoms with Gasteiger partial charge < -0.3 is 0 Å². The quantitative estimate of drug-likeness (QED) is 0.171. The molecule has 0 aliphatic carbocycles. The van der Waals surface area contributed by atoms with Crippen LogP contribution in [-0.4, -0.2) is 71.6 Å². The zero-order valence-corrected chi connectivity index (χ0v) is 26.4. The average molecular weight is 580 g/mol. The first kappa shape index (κ1) is 30.5. The molecule has 3 aromatic carbocycles. The van der Waals surface area contributed by atoms with E-state index >= 15 is 0 Å². The van der Waals surface area contributed by atoms with Crippen molar-refractivity contribution in [2.45, 2.75) is 38.0 Å². The van der Waals surface area contributed by atoms with E-state index < -0.39 is 0 Å². The SMILES string of the molecule is Cc1ccccc1CSCCN1CN(CCSCc2ccccc2C)CN(CCSCc2ccccc2C)C1. The maximum absolute atomic E-state index is 2.66. The molecule has 1 saturated heterocycles. The fourth-order valence-corrected chi connectivity index (χ4v) is 8.08. The largest absolute Gasteiger partial charge is 0.277 e. The van der Waals surface area contributed by atoms with Crippen LogP contribution in [0.25, 0.3) is 0 Å². The van der Waals surface area contributed by atoms with E-state index in [1.165, 1.54) is 50.6 Å². The Hall–Kier alpha value is -1.41. The first-order chi connectivity index (χ1) is 19.1. The van der Waals surface area contributed by atoms with Crippen LogP contribution in [0.2, 0.25) is 0 Å². The second-order valence-corrected chi connectivity index (χ2v) is 13.9. The van der Waals surface area contributed by atoms with Crippen LogP contribution in [0.4, 0.5) is 0 Å². The predicted octanol–water partition coefficient (Wildman–Crippen LogP) is 7.50. The molecule has 0 saturated carbocycles. The van der Waals surface area contributed by atoms with Crippen LogP contribution >= 0.6 is 35.3 Å². The number of thioether (sulfide) groups is 3. The van der Waals surface area contributed by atoms with Crippen molar-refractivity contribution in [2.75, 3.05) is 56.9 Å². The summed E-state index contributed by atoms with van der Waals surface area (Å²) in [5, 5.41) is 0. The maximum Gasteiger partial charge on any atom is 0.0530 e. The van der Waals surface area contributed by atoms with Crippen molar-refractivity contribution in [3.8, 4) is 0 Å². The van der Waals surface area contributed by atoms with Gasteiger partial charge in [0.2, 0.25) is 0 Å². The molecule has 0 bridgehead atoms. The number of aryl methyl sites for hydroxylation is 3. The van der Waals surface area contributed by atoms with Gasteiger partial charge in [-0.2, -0.15) is 35.3 Å². The van der Waals surface area contributed by atoms with Crippen molar-refractivity contribution in [3.63, 3.8) is 0 Å². The highest BCUT2D eigenvalue weighted by Gasteiger charge is 2.22. The van der Waals surface area contributed by atoms with Gasteiger partial charge in [0.15, 0.2) is 0 Å². The summed E-state index contributed by atoms with van der Waals surface area (Å²) in [6.07, 6.45) is 0. The van der Waals surface area contributed by atoms with Gasteiger partial charge >= 0.3 is 0 Å². The summed E-state index contributed by atoms with van der Waals surface area (Å²) in [5.74, 6) is 6.87. The van der Waals surface area contributed by atoms with E-state index in [0.717, 1.165) is 56.9 Å². The molecule has 3 aromatic rings. The highest BCUT2D eigenvalue weighted by atomic mass is 32.2. The van der Waals surface area contributed by atoms with Crippen molar-refractivity contribution in [3.05, 3.63) is 106 Å². The summed E-state index contributed by atoms with van der Waals surface area (Å²) in [6.45, 7) is 13.4. The Morgan fingerprint density at radius 3 is 1.03 bits per heavy atom. The fourth-order valence-electron chi connectivity index (χ4n) is 4.85. The molecule has 210 valence electrons. The van der Waals surface area contributed by atoms with Crippen molar-refractivity contribution >= 4 is 35.3 Å². The lowest BCUT2D eigenvalue weighted by Gasteiger charge is -2.42. The Kier molecular flexibility index (Phi) is 13.1. The van der Waals surface area contributed by atoms with E-state index in [2.05, 4.69) is 144 Å². The minimum Gasteiger partial charge on any atom is -0.277 e. The second kappa shape index (κ2) is 16.8. The normalized spacial score (nSPS) is 15.2. The summed E-state index contributed by atoms with van der Waals surface area (Å²) < 4.78 is 0. The molecule has 3 nitrogen and oxygen atoms in total. The molecule has 1 fully saturated rings. The van der Waals surface area contributed by atoms with Crippen molar-refractivity contribution in [1.82, 2.24) is 14.7 Å². The minimum absolute atomic E-state index is 1.09. The molecule has 0 N–H and O–H groups in total. The summed E-state index contributed by atoms with van der Waals surface area (Å²) in [6, 6.07) is 26.4. The first-order valence-corrected chi connectivity index (χ1v) is 17.6. The Morgan fingerprint density at radius 1 is 0.462 bits per heavy atom. The van der Waals surface area contributed by atoms with Crippen LogP contribution < -0.4 is 0 Å². The van der Waals surface area contributed by atoms with Gasteiger partial charge in [0, 0.05) is 54.2 Å². The number of nitrogens with zero attached hydrogens (tertiary/aromatic N) is 3. The molecule has 0 unspecified atom stereocenters. The molecule has 39 heavy (non-hydrogen) atoms. The van der Waals surface area contributed by atoms with Gasteiger partial charge in [-0.25, -0.2) is 0 Å². The first-order valence-electron chi connectivity index (χ1n) is 14.1. The van der Waals surface area contributed by atoms with Gasteiger partial charge in [-0.05, 0) is 54.2 Å². The van der Waals surface area contributed by atoms with E-state index in [9.17, 15) is 0 Å². The van der Waals surface area contributed by atoms with E-state index in [-0.39, 0.29) is 0 Å². The highest BCUT2D eigenvalue weighted by Crippen LogP contribution is 2.20. The predicted molar refractivity (Wildman–Crippen MR) is 177 cm³/mol. The summed E-state index contributed by atoms with van der Waals surface area (Å²) in [5.41, 5.74) is 8.65. The number of benzene rings is 3. The Balaban J connectivity index is 1.23. The number of hydrogen-bond donors (Lipinski definition) is 0. The topological polar surface area (TPSA) is 9.72 Å². The van der Waals surface area contributed by atoms with Gasteiger partial charge in [-0.1, -0.05) is 72.8 Å². The molecule has 0 aromatic heterocycles. The Labute approximate surface area is 250 Å². The molecular formula is C33H45N3S3. The zero-order chi connectivity index (χ0) is 27.3. The Bertz CT molecular complexity index is 991. The smallest absolute Gasteiger partial charge is 0.0530 e. The van der Waals surface area contributed by atoms with Gasteiger partial charge in [0.1, 0.15) is 0 Å². The van der Waals surface area contributed by atoms with Crippen molar-refractivity contribution in [1.29, 1.82) is 0 Å². The van der Waals surface area contributed by atoms with Crippen LogP contribution in [0, 0.1) is 20.8 Å². The lowest BCUT2D eigenvalue weighted by molar-refractivity contribution is -0.0195. The monoisotopic (exact) mass is 579 g/mol. The van der Waals surface area contributed by atoms with Crippen molar-refractivity contribution < 1.29 is 0 Å². The van der Waals surface area contributed by atoms with Crippen LogP contribution in [0.3, 0.4) is 0 Å². The fraction of sp³-hybridized carbons (Fsp3) is 0.455. The Morgan fingerprint density at radius 2 is 0.744 bits per heavy atom. The zero-order valence-electron chi connectivity index (χ0n) is 24.0. The summed E-state index contributed by atoms with van der Waals surface area (Å²) >= 11 is 6.21. The van der Waals surface area contributed by atoms with Gasteiger partial charge in [0.05, 0.1) is 20.0 Å². The lowest BCUT2D eigenvalue weighted by Crippen LogP contribution is -2.56. The molecule has 0 radical (unpaired) electrons. The van der Waals surface area contributed by atoms with E-state index in [4.69, 9.17) is 0 Å². The lowest BCUT2D eigenvalue weighted by atomic mass is 10.1. The van der Waals surface area contributed by atoms with Crippen LogP contribution in [0.15, 0.2) is 72.8 Å². The minimum atomic E-state index is 1.09. The maximum atomic E-state index is 2.66. The molecule has 4 rings (SSSR count). The third kappa shape index (κ3) is 10.5. The molecule has 1 heterocycles. The molecule has 6 heteroatoms. The van der Waals surface area contributed by atoms with Crippen LogP contribution in [0.5, 0.6) is 0 Å². The van der Waals surface area contributed by atoms with E-state index in [1.807, 2.05) is 0 Å². The molecule has 0 spiro atoms. The molecule has 0 atom stereocenters. The molecule has 0 amide bonds. The molecule has 1 aliphatic heterocycles. The van der Waals surface area contributed by atoms with Gasteiger partial charge in [-0.15, -0.1) is 0 Å². The van der Waals surface area contributed by atoms with Gasteiger partial charge in [0.25, 0.3) is 0 Å². The third-order valence-electron chi connectivity index (χ3n) is 7.41. The number of hydrogen-bond acceptors (Lipinski definition) is 6. The van der Waals surface area contributed by atoms with Crippen LogP contribution in [0.1, 0.15) is 33.4 Å². The van der Waals surface area contributed by atoms with E-state index in [1.54, 1.807) is 0 Å². The number of rotatable bonds is 15. The second-order valence-electron chi connectivity index (χ2n) is 10.5. The third-order valence-corrected chi connectivity index (χ3v) is 10.4. The molecular weight excluding hydrogens is 535 g/mol. The van der Waals surface area contributed by atoms with Gasteiger partial charge in [-0.3, -0.25) is 14.7 Å².